The Labute approximate surface area is 115 Å². The zero-order chi connectivity index (χ0) is 14.5. The smallest absolute Gasteiger partial charge is 0.224 e. The quantitative estimate of drug-likeness (QED) is 0.817. The largest absolute Gasteiger partial charge is 0.326 e. The second-order valence-electron chi connectivity index (χ2n) is 6.36. The van der Waals surface area contributed by atoms with Crippen LogP contribution in [0.15, 0.2) is 24.3 Å². The molecule has 1 aromatic rings. The van der Waals surface area contributed by atoms with Gasteiger partial charge in [0.1, 0.15) is 6.29 Å². The molecule has 0 bridgehead atoms. The van der Waals surface area contributed by atoms with Crippen molar-refractivity contribution < 1.29 is 9.59 Å². The molecule has 0 spiro atoms. The Bertz CT molecular complexity index is 429. The van der Waals surface area contributed by atoms with Gasteiger partial charge in [0.15, 0.2) is 0 Å². The molecule has 0 aromatic heterocycles. The molecule has 1 atom stereocenters. The number of rotatable bonds is 5. The fourth-order valence-electron chi connectivity index (χ4n) is 2.29. The normalized spacial score (nSPS) is 12.8. The van der Waals surface area contributed by atoms with E-state index < -0.39 is 0 Å². The van der Waals surface area contributed by atoms with Gasteiger partial charge in [-0.15, -0.1) is 0 Å². The van der Waals surface area contributed by atoms with E-state index in [4.69, 9.17) is 0 Å². The molecule has 3 nitrogen and oxygen atoms in total. The fraction of sp³-hybridized carbons (Fsp3) is 0.500. The number of benzene rings is 1. The molecule has 0 saturated carbocycles. The van der Waals surface area contributed by atoms with Crippen molar-refractivity contribution in [1.82, 2.24) is 0 Å². The highest BCUT2D eigenvalue weighted by molar-refractivity contribution is 5.91. The van der Waals surface area contributed by atoms with Gasteiger partial charge in [-0.05, 0) is 42.0 Å². The van der Waals surface area contributed by atoms with Crippen LogP contribution in [-0.4, -0.2) is 12.2 Å². The van der Waals surface area contributed by atoms with Gasteiger partial charge in [0.25, 0.3) is 0 Å². The van der Waals surface area contributed by atoms with E-state index in [0.29, 0.717) is 17.9 Å². The number of anilines is 1. The lowest BCUT2D eigenvalue weighted by molar-refractivity contribution is -0.117. The van der Waals surface area contributed by atoms with Gasteiger partial charge in [-0.3, -0.25) is 9.59 Å². The first-order valence-electron chi connectivity index (χ1n) is 6.65. The zero-order valence-electron chi connectivity index (χ0n) is 12.2. The first kappa shape index (κ1) is 15.4. The number of aldehydes is 1. The van der Waals surface area contributed by atoms with E-state index in [2.05, 4.69) is 33.0 Å². The van der Waals surface area contributed by atoms with E-state index in [-0.39, 0.29) is 11.3 Å². The van der Waals surface area contributed by atoms with Gasteiger partial charge in [-0.25, -0.2) is 0 Å². The average Bonchev–Trinajstić information content (AvgIpc) is 2.27. The maximum Gasteiger partial charge on any atom is 0.224 e. The predicted molar refractivity (Wildman–Crippen MR) is 78.3 cm³/mol. The summed E-state index contributed by atoms with van der Waals surface area (Å²) in [6.45, 7) is 8.64. The van der Waals surface area contributed by atoms with Gasteiger partial charge < -0.3 is 5.32 Å². The van der Waals surface area contributed by atoms with Gasteiger partial charge in [-0.1, -0.05) is 27.7 Å². The van der Waals surface area contributed by atoms with Gasteiger partial charge in [0, 0.05) is 17.7 Å². The zero-order valence-corrected chi connectivity index (χ0v) is 12.2. The van der Waals surface area contributed by atoms with Crippen LogP contribution in [0.5, 0.6) is 0 Å². The van der Waals surface area contributed by atoms with Crippen molar-refractivity contribution in [3.63, 3.8) is 0 Å². The van der Waals surface area contributed by atoms with Crippen LogP contribution in [0.1, 0.15) is 50.9 Å². The summed E-state index contributed by atoms with van der Waals surface area (Å²) in [6, 6.07) is 6.88. The number of hydrogen-bond donors (Lipinski definition) is 1. The SMILES string of the molecule is CC(CC(=O)Nc1ccc(C=O)cc1)CC(C)(C)C. The topological polar surface area (TPSA) is 46.2 Å². The molecule has 1 N–H and O–H groups in total. The summed E-state index contributed by atoms with van der Waals surface area (Å²) in [5.74, 6) is 0.379. The van der Waals surface area contributed by atoms with Crippen LogP contribution in [0.3, 0.4) is 0 Å². The Balaban J connectivity index is 2.48. The fourth-order valence-corrected chi connectivity index (χ4v) is 2.29. The minimum Gasteiger partial charge on any atom is -0.326 e. The Hall–Kier alpha value is -1.64. The molecule has 19 heavy (non-hydrogen) atoms. The van der Waals surface area contributed by atoms with E-state index in [1.807, 2.05) is 0 Å². The molecule has 0 radical (unpaired) electrons. The monoisotopic (exact) mass is 261 g/mol. The van der Waals surface area contributed by atoms with E-state index >= 15 is 0 Å². The number of nitrogens with one attached hydrogen (secondary N) is 1. The molecule has 0 aliphatic rings. The Morgan fingerprint density at radius 3 is 2.32 bits per heavy atom. The maximum absolute atomic E-state index is 11.9. The third kappa shape index (κ3) is 6.18. The molecule has 104 valence electrons. The standard InChI is InChI=1S/C16H23NO2/c1-12(10-16(2,3)4)9-15(19)17-14-7-5-13(11-18)6-8-14/h5-8,11-12H,9-10H2,1-4H3,(H,17,19). The van der Waals surface area contributed by atoms with Crippen molar-refractivity contribution in [3.8, 4) is 0 Å². The predicted octanol–water partition coefficient (Wildman–Crippen LogP) is 3.90. The number of hydrogen-bond acceptors (Lipinski definition) is 2. The third-order valence-corrected chi connectivity index (χ3v) is 2.83. The Kier molecular flexibility index (Phi) is 5.28. The van der Waals surface area contributed by atoms with Crippen LogP contribution < -0.4 is 5.32 Å². The molecule has 0 aliphatic carbocycles. The van der Waals surface area contributed by atoms with Crippen LogP contribution in [0.4, 0.5) is 5.69 Å². The van der Waals surface area contributed by atoms with Crippen molar-refractivity contribution in [2.75, 3.05) is 5.32 Å². The third-order valence-electron chi connectivity index (χ3n) is 2.83. The lowest BCUT2D eigenvalue weighted by Gasteiger charge is -2.22. The summed E-state index contributed by atoms with van der Waals surface area (Å²) in [5, 5.41) is 2.86. The van der Waals surface area contributed by atoms with E-state index in [9.17, 15) is 9.59 Å². The molecule has 0 saturated heterocycles. The van der Waals surface area contributed by atoms with Crippen molar-refractivity contribution in [2.24, 2.45) is 11.3 Å². The lowest BCUT2D eigenvalue weighted by atomic mass is 9.84. The molecule has 1 aromatic carbocycles. The highest BCUT2D eigenvalue weighted by Crippen LogP contribution is 2.26. The van der Waals surface area contributed by atoms with Gasteiger partial charge >= 0.3 is 0 Å². The molecular formula is C16H23NO2. The van der Waals surface area contributed by atoms with Crippen LogP contribution in [0, 0.1) is 11.3 Å². The van der Waals surface area contributed by atoms with Crippen LogP contribution in [0.2, 0.25) is 0 Å². The molecule has 1 unspecified atom stereocenters. The molecule has 0 heterocycles. The van der Waals surface area contributed by atoms with Gasteiger partial charge in [-0.2, -0.15) is 0 Å². The molecule has 1 amide bonds. The van der Waals surface area contributed by atoms with E-state index in [1.54, 1.807) is 24.3 Å². The van der Waals surface area contributed by atoms with Crippen LogP contribution in [-0.2, 0) is 4.79 Å². The van der Waals surface area contributed by atoms with E-state index in [0.717, 1.165) is 18.4 Å². The van der Waals surface area contributed by atoms with Gasteiger partial charge in [0.05, 0.1) is 0 Å². The van der Waals surface area contributed by atoms with E-state index in [1.165, 1.54) is 0 Å². The minimum absolute atomic E-state index is 0.0237. The first-order valence-corrected chi connectivity index (χ1v) is 6.65. The van der Waals surface area contributed by atoms with Crippen molar-refractivity contribution in [3.05, 3.63) is 29.8 Å². The lowest BCUT2D eigenvalue weighted by Crippen LogP contribution is -2.18. The summed E-state index contributed by atoms with van der Waals surface area (Å²) in [5.41, 5.74) is 1.59. The van der Waals surface area contributed by atoms with Gasteiger partial charge in [0.2, 0.25) is 5.91 Å². The second-order valence-corrected chi connectivity index (χ2v) is 6.36. The summed E-state index contributed by atoms with van der Waals surface area (Å²) in [4.78, 5) is 22.4. The Morgan fingerprint density at radius 1 is 1.26 bits per heavy atom. The molecule has 3 heteroatoms. The summed E-state index contributed by atoms with van der Waals surface area (Å²) in [7, 11) is 0. The first-order chi connectivity index (χ1) is 8.80. The van der Waals surface area contributed by atoms with Crippen LogP contribution >= 0.6 is 0 Å². The van der Waals surface area contributed by atoms with Crippen molar-refractivity contribution in [2.45, 2.75) is 40.5 Å². The molecule has 0 aliphatic heterocycles. The molecular weight excluding hydrogens is 238 g/mol. The highest BCUT2D eigenvalue weighted by atomic mass is 16.1. The van der Waals surface area contributed by atoms with Crippen molar-refractivity contribution in [1.29, 1.82) is 0 Å². The second kappa shape index (κ2) is 6.50. The highest BCUT2D eigenvalue weighted by Gasteiger charge is 2.17. The van der Waals surface area contributed by atoms with Crippen LogP contribution in [0.25, 0.3) is 0 Å². The summed E-state index contributed by atoms with van der Waals surface area (Å²) < 4.78 is 0. The summed E-state index contributed by atoms with van der Waals surface area (Å²) in [6.07, 6.45) is 2.33. The minimum atomic E-state index is 0.0237. The summed E-state index contributed by atoms with van der Waals surface area (Å²) >= 11 is 0. The van der Waals surface area contributed by atoms with Crippen molar-refractivity contribution >= 4 is 17.9 Å². The molecule has 0 fully saturated rings. The number of carbonyl (C=O) groups excluding carboxylic acids is 2. The maximum atomic E-state index is 11.9. The Morgan fingerprint density at radius 2 is 1.84 bits per heavy atom. The number of carbonyl (C=O) groups is 2. The molecule has 1 rings (SSSR count). The average molecular weight is 261 g/mol. The number of amides is 1.